The normalized spacial score (nSPS) is 25.3. The maximum atomic E-state index is 12.7. The van der Waals surface area contributed by atoms with Gasteiger partial charge in [0.25, 0.3) is 0 Å². The molecule has 1 saturated heterocycles. The number of ether oxygens (including phenoxy) is 1. The molecule has 4 nitrogen and oxygen atoms in total. The van der Waals surface area contributed by atoms with Gasteiger partial charge in [-0.15, -0.1) is 0 Å². The Hall–Kier alpha value is -1.55. The largest absolute Gasteiger partial charge is 0.444 e. The van der Waals surface area contributed by atoms with E-state index in [9.17, 15) is 4.79 Å². The minimum absolute atomic E-state index is 0.183. The number of nitrogens with one attached hydrogen (secondary N) is 1. The van der Waals surface area contributed by atoms with Gasteiger partial charge in [-0.25, -0.2) is 4.79 Å². The average molecular weight is 316 g/mol. The lowest BCUT2D eigenvalue weighted by Crippen LogP contribution is -2.65. The SMILES string of the molecule is CC(C)(C)OC(=O)N1CCNCC1(C)C1Cc2ccccc2C1. The van der Waals surface area contributed by atoms with Crippen molar-refractivity contribution in [3.8, 4) is 0 Å². The molecule has 1 aromatic rings. The van der Waals surface area contributed by atoms with Crippen molar-refractivity contribution < 1.29 is 9.53 Å². The van der Waals surface area contributed by atoms with Crippen LogP contribution in [0.4, 0.5) is 4.79 Å². The fourth-order valence-corrected chi connectivity index (χ4v) is 3.86. The van der Waals surface area contributed by atoms with Crippen LogP contribution in [-0.4, -0.2) is 41.8 Å². The monoisotopic (exact) mass is 316 g/mol. The van der Waals surface area contributed by atoms with Gasteiger partial charge in [-0.3, -0.25) is 4.90 Å². The number of carbonyl (C=O) groups is 1. The molecule has 0 saturated carbocycles. The third-order valence-corrected chi connectivity index (χ3v) is 5.16. The molecular formula is C19H28N2O2. The predicted molar refractivity (Wildman–Crippen MR) is 91.6 cm³/mol. The van der Waals surface area contributed by atoms with E-state index in [2.05, 4.69) is 36.5 Å². The molecule has 1 heterocycles. The third-order valence-electron chi connectivity index (χ3n) is 5.16. The van der Waals surface area contributed by atoms with E-state index < -0.39 is 5.60 Å². The zero-order valence-electron chi connectivity index (χ0n) is 14.7. The van der Waals surface area contributed by atoms with Crippen LogP contribution in [0.1, 0.15) is 38.8 Å². The summed E-state index contributed by atoms with van der Waals surface area (Å²) in [5.41, 5.74) is 2.18. The number of fused-ring (bicyclic) bond motifs is 1. The highest BCUT2D eigenvalue weighted by atomic mass is 16.6. The molecule has 1 amide bonds. The standard InChI is InChI=1S/C19H28N2O2/c1-18(2,3)23-17(22)21-10-9-20-13-19(21,4)16-11-14-7-5-6-8-15(14)12-16/h5-8,16,20H,9-13H2,1-4H3. The van der Waals surface area contributed by atoms with Gasteiger partial charge in [0.2, 0.25) is 0 Å². The number of benzene rings is 1. The molecule has 1 aliphatic carbocycles. The zero-order valence-corrected chi connectivity index (χ0v) is 14.7. The van der Waals surface area contributed by atoms with Gasteiger partial charge in [-0.1, -0.05) is 24.3 Å². The van der Waals surface area contributed by atoms with Crippen molar-refractivity contribution in [3.63, 3.8) is 0 Å². The Bertz CT molecular complexity index is 568. The summed E-state index contributed by atoms with van der Waals surface area (Å²) in [6.07, 6.45) is 1.89. The predicted octanol–water partition coefficient (Wildman–Crippen LogP) is 3.00. The van der Waals surface area contributed by atoms with E-state index in [1.54, 1.807) is 0 Å². The topological polar surface area (TPSA) is 41.6 Å². The van der Waals surface area contributed by atoms with Crippen LogP contribution in [0.3, 0.4) is 0 Å². The van der Waals surface area contributed by atoms with E-state index in [1.807, 2.05) is 25.7 Å². The maximum absolute atomic E-state index is 12.7. The lowest BCUT2D eigenvalue weighted by Gasteiger charge is -2.48. The second-order valence-corrected chi connectivity index (χ2v) is 8.04. The first kappa shape index (κ1) is 16.3. The zero-order chi connectivity index (χ0) is 16.7. The fourth-order valence-electron chi connectivity index (χ4n) is 3.86. The van der Waals surface area contributed by atoms with Gasteiger partial charge >= 0.3 is 6.09 Å². The number of rotatable bonds is 1. The van der Waals surface area contributed by atoms with E-state index in [0.29, 0.717) is 12.5 Å². The van der Waals surface area contributed by atoms with Crippen LogP contribution in [-0.2, 0) is 17.6 Å². The Kier molecular flexibility index (Phi) is 4.13. The molecule has 1 aromatic carbocycles. The minimum atomic E-state index is -0.457. The summed E-state index contributed by atoms with van der Waals surface area (Å²) in [5, 5.41) is 3.48. The van der Waals surface area contributed by atoms with Crippen molar-refractivity contribution in [2.45, 2.75) is 51.7 Å². The van der Waals surface area contributed by atoms with Crippen LogP contribution in [0.15, 0.2) is 24.3 Å². The van der Waals surface area contributed by atoms with Crippen LogP contribution in [0.25, 0.3) is 0 Å². The number of nitrogens with zero attached hydrogens (tertiary/aromatic N) is 1. The van der Waals surface area contributed by atoms with Crippen molar-refractivity contribution >= 4 is 6.09 Å². The molecule has 0 radical (unpaired) electrons. The highest BCUT2D eigenvalue weighted by Crippen LogP contribution is 2.38. The molecule has 0 spiro atoms. The van der Waals surface area contributed by atoms with Crippen LogP contribution in [0.2, 0.25) is 0 Å². The molecule has 23 heavy (non-hydrogen) atoms. The molecule has 4 heteroatoms. The Morgan fingerprint density at radius 3 is 2.43 bits per heavy atom. The summed E-state index contributed by atoms with van der Waals surface area (Å²) in [5.74, 6) is 0.431. The molecule has 1 N–H and O–H groups in total. The first-order valence-electron chi connectivity index (χ1n) is 8.58. The maximum Gasteiger partial charge on any atom is 0.410 e. The van der Waals surface area contributed by atoms with Gasteiger partial charge in [-0.2, -0.15) is 0 Å². The van der Waals surface area contributed by atoms with Gasteiger partial charge in [0, 0.05) is 19.6 Å². The van der Waals surface area contributed by atoms with E-state index in [4.69, 9.17) is 4.74 Å². The molecule has 1 atom stereocenters. The summed E-state index contributed by atoms with van der Waals surface area (Å²) >= 11 is 0. The van der Waals surface area contributed by atoms with E-state index >= 15 is 0 Å². The minimum Gasteiger partial charge on any atom is -0.444 e. The van der Waals surface area contributed by atoms with Gasteiger partial charge in [0.1, 0.15) is 5.60 Å². The third kappa shape index (κ3) is 3.23. The van der Waals surface area contributed by atoms with Crippen molar-refractivity contribution in [2.75, 3.05) is 19.6 Å². The first-order valence-corrected chi connectivity index (χ1v) is 8.58. The van der Waals surface area contributed by atoms with Crippen molar-refractivity contribution in [2.24, 2.45) is 5.92 Å². The molecule has 3 rings (SSSR count). The quantitative estimate of drug-likeness (QED) is 0.866. The average Bonchev–Trinajstić information content (AvgIpc) is 2.90. The Balaban J connectivity index is 1.82. The second-order valence-electron chi connectivity index (χ2n) is 8.04. The summed E-state index contributed by atoms with van der Waals surface area (Å²) in [6, 6.07) is 8.64. The van der Waals surface area contributed by atoms with E-state index in [0.717, 1.165) is 25.9 Å². The Morgan fingerprint density at radius 2 is 1.87 bits per heavy atom. The van der Waals surface area contributed by atoms with Crippen molar-refractivity contribution in [1.29, 1.82) is 0 Å². The molecule has 1 aliphatic heterocycles. The lowest BCUT2D eigenvalue weighted by molar-refractivity contribution is -0.0223. The number of piperazine rings is 1. The Labute approximate surface area is 139 Å². The van der Waals surface area contributed by atoms with Gasteiger partial charge in [0.15, 0.2) is 0 Å². The molecule has 1 unspecified atom stereocenters. The van der Waals surface area contributed by atoms with E-state index in [-0.39, 0.29) is 11.6 Å². The number of hydrogen-bond acceptors (Lipinski definition) is 3. The molecular weight excluding hydrogens is 288 g/mol. The Morgan fingerprint density at radius 1 is 1.26 bits per heavy atom. The highest BCUT2D eigenvalue weighted by molar-refractivity contribution is 5.69. The van der Waals surface area contributed by atoms with Gasteiger partial charge in [0.05, 0.1) is 5.54 Å². The molecule has 126 valence electrons. The fraction of sp³-hybridized carbons (Fsp3) is 0.632. The molecule has 2 aliphatic rings. The number of hydrogen-bond donors (Lipinski definition) is 1. The second kappa shape index (κ2) is 5.82. The summed E-state index contributed by atoms with van der Waals surface area (Å²) in [4.78, 5) is 14.7. The molecule has 1 fully saturated rings. The van der Waals surface area contributed by atoms with Crippen LogP contribution < -0.4 is 5.32 Å². The van der Waals surface area contributed by atoms with Crippen molar-refractivity contribution in [3.05, 3.63) is 35.4 Å². The number of carbonyl (C=O) groups excluding carboxylic acids is 1. The molecule has 0 bridgehead atoms. The van der Waals surface area contributed by atoms with Crippen molar-refractivity contribution in [1.82, 2.24) is 10.2 Å². The van der Waals surface area contributed by atoms with E-state index in [1.165, 1.54) is 11.1 Å². The van der Waals surface area contributed by atoms with Gasteiger partial charge < -0.3 is 10.1 Å². The summed E-state index contributed by atoms with van der Waals surface area (Å²) < 4.78 is 5.67. The lowest BCUT2D eigenvalue weighted by atomic mass is 9.80. The highest BCUT2D eigenvalue weighted by Gasteiger charge is 2.46. The summed E-state index contributed by atoms with van der Waals surface area (Å²) in [7, 11) is 0. The smallest absolute Gasteiger partial charge is 0.410 e. The summed E-state index contributed by atoms with van der Waals surface area (Å²) in [6.45, 7) is 10.3. The van der Waals surface area contributed by atoms with Crippen LogP contribution >= 0.6 is 0 Å². The van der Waals surface area contributed by atoms with Crippen LogP contribution in [0, 0.1) is 5.92 Å². The molecule has 0 aromatic heterocycles. The van der Waals surface area contributed by atoms with Crippen LogP contribution in [0.5, 0.6) is 0 Å². The first-order chi connectivity index (χ1) is 10.8. The number of amides is 1. The van der Waals surface area contributed by atoms with Gasteiger partial charge in [-0.05, 0) is 57.6 Å².